The Kier molecular flexibility index (Phi) is 16.5. The van der Waals surface area contributed by atoms with E-state index in [4.69, 9.17) is 4.74 Å². The molecule has 0 atom stereocenters. The van der Waals surface area contributed by atoms with Crippen LogP contribution >= 0.6 is 15.9 Å². The molecule has 0 saturated carbocycles. The van der Waals surface area contributed by atoms with Crippen molar-refractivity contribution in [2.24, 2.45) is 0 Å². The molecule has 3 nitrogen and oxygen atoms in total. The van der Waals surface area contributed by atoms with Crippen molar-refractivity contribution >= 4 is 26.8 Å². The Morgan fingerprint density at radius 1 is 1.09 bits per heavy atom. The van der Waals surface area contributed by atoms with Gasteiger partial charge in [-0.2, -0.15) is 0 Å². The molecule has 23 heavy (non-hydrogen) atoms. The summed E-state index contributed by atoms with van der Waals surface area (Å²) in [6.45, 7) is 16.4. The number of aryl methyl sites for hydroxylation is 1. The van der Waals surface area contributed by atoms with E-state index >= 15 is 0 Å². The highest BCUT2D eigenvalue weighted by atomic mass is 79.9. The van der Waals surface area contributed by atoms with E-state index in [9.17, 15) is 0 Å². The molecule has 1 N–H and O–H groups in total. The van der Waals surface area contributed by atoms with E-state index in [-0.39, 0.29) is 0 Å². The quantitative estimate of drug-likeness (QED) is 0.705. The van der Waals surface area contributed by atoms with Gasteiger partial charge in [-0.15, -0.1) is 0 Å². The van der Waals surface area contributed by atoms with Gasteiger partial charge in [-0.3, -0.25) is 4.98 Å². The summed E-state index contributed by atoms with van der Waals surface area (Å²) in [6.07, 6.45) is 1.83. The number of halogens is 1. The highest BCUT2D eigenvalue weighted by Crippen LogP contribution is 2.29. The van der Waals surface area contributed by atoms with E-state index in [1.54, 1.807) is 7.11 Å². The number of hydrogen-bond acceptors (Lipinski definition) is 3. The summed E-state index contributed by atoms with van der Waals surface area (Å²) in [5.74, 6) is 0.899. The van der Waals surface area contributed by atoms with Gasteiger partial charge in [0.15, 0.2) is 0 Å². The van der Waals surface area contributed by atoms with Gasteiger partial charge in [-0.05, 0) is 38.2 Å². The fourth-order valence-electron chi connectivity index (χ4n) is 1.76. The van der Waals surface area contributed by atoms with Gasteiger partial charge in [0.1, 0.15) is 5.75 Å². The predicted molar refractivity (Wildman–Crippen MR) is 108 cm³/mol. The Morgan fingerprint density at radius 3 is 2.09 bits per heavy atom. The molecular weight excluding hydrogens is 352 g/mol. The van der Waals surface area contributed by atoms with Gasteiger partial charge in [-0.1, -0.05) is 57.5 Å². The van der Waals surface area contributed by atoms with E-state index < -0.39 is 0 Å². The lowest BCUT2D eigenvalue weighted by Crippen LogP contribution is -2.09. The third-order valence-electron chi connectivity index (χ3n) is 2.66. The Bertz CT molecular complexity index is 523. The summed E-state index contributed by atoms with van der Waals surface area (Å²) in [5.41, 5.74) is 2.01. The van der Waals surface area contributed by atoms with Crippen molar-refractivity contribution in [2.75, 3.05) is 20.2 Å². The van der Waals surface area contributed by atoms with Crippen LogP contribution in [0.25, 0.3) is 10.9 Å². The molecule has 1 aromatic heterocycles. The van der Waals surface area contributed by atoms with Crippen molar-refractivity contribution in [2.45, 2.75) is 48.5 Å². The fourth-order valence-corrected chi connectivity index (χ4v) is 2.12. The van der Waals surface area contributed by atoms with Crippen LogP contribution in [0.15, 0.2) is 28.9 Å². The predicted octanol–water partition coefficient (Wildman–Crippen LogP) is 5.98. The van der Waals surface area contributed by atoms with Gasteiger partial charge in [0, 0.05) is 21.6 Å². The van der Waals surface area contributed by atoms with Gasteiger partial charge in [0.25, 0.3) is 0 Å². The fraction of sp³-hybridized carbons (Fsp3) is 0.526. The number of benzene rings is 1. The zero-order valence-corrected chi connectivity index (χ0v) is 17.5. The van der Waals surface area contributed by atoms with E-state index in [0.717, 1.165) is 39.8 Å². The first-order valence-corrected chi connectivity index (χ1v) is 9.22. The van der Waals surface area contributed by atoms with Gasteiger partial charge in [-0.25, -0.2) is 0 Å². The second kappa shape index (κ2) is 15.8. The normalized spacial score (nSPS) is 8.74. The van der Waals surface area contributed by atoms with Gasteiger partial charge in [0.2, 0.25) is 0 Å². The Labute approximate surface area is 151 Å². The number of fused-ring (bicyclic) bond motifs is 1. The molecule has 132 valence electrons. The molecule has 1 aromatic carbocycles. The maximum Gasteiger partial charge on any atom is 0.132 e. The molecule has 0 spiro atoms. The Balaban J connectivity index is 0. The molecule has 2 aromatic rings. The molecule has 0 aliphatic carbocycles. The molecule has 0 aliphatic heterocycles. The number of nitrogens with one attached hydrogen (secondary N) is 1. The Morgan fingerprint density at radius 2 is 1.65 bits per heavy atom. The molecule has 0 unspecified atom stereocenters. The third kappa shape index (κ3) is 8.92. The monoisotopic (exact) mass is 384 g/mol. The lowest BCUT2D eigenvalue weighted by molar-refractivity contribution is 0.416. The number of ether oxygens (including phenoxy) is 1. The van der Waals surface area contributed by atoms with Crippen molar-refractivity contribution in [3.63, 3.8) is 0 Å². The van der Waals surface area contributed by atoms with Crippen LogP contribution in [0.5, 0.6) is 5.75 Å². The van der Waals surface area contributed by atoms with Crippen LogP contribution < -0.4 is 10.1 Å². The minimum Gasteiger partial charge on any atom is -0.496 e. The summed E-state index contributed by atoms with van der Waals surface area (Å²) in [4.78, 5) is 4.33. The van der Waals surface area contributed by atoms with Crippen molar-refractivity contribution in [1.82, 2.24) is 10.3 Å². The number of hydrogen-bond donors (Lipinski definition) is 1. The second-order valence-electron chi connectivity index (χ2n) is 4.09. The van der Waals surface area contributed by atoms with Crippen LogP contribution in [0, 0.1) is 6.92 Å². The minimum atomic E-state index is 0.899. The molecule has 0 fully saturated rings. The molecule has 2 rings (SSSR count). The first-order chi connectivity index (χ1) is 11.1. The van der Waals surface area contributed by atoms with Gasteiger partial charge in [0.05, 0.1) is 12.6 Å². The summed E-state index contributed by atoms with van der Waals surface area (Å²) in [7, 11) is 1.68. The Hall–Kier alpha value is -1.13. The number of pyridine rings is 1. The largest absolute Gasteiger partial charge is 0.496 e. The van der Waals surface area contributed by atoms with Crippen LogP contribution in [0.2, 0.25) is 0 Å². The molecular formula is C19H33BrN2O. The number of rotatable bonds is 3. The maximum atomic E-state index is 5.35. The second-order valence-corrected chi connectivity index (χ2v) is 5.01. The van der Waals surface area contributed by atoms with Crippen LogP contribution in [-0.2, 0) is 0 Å². The van der Waals surface area contributed by atoms with Crippen LogP contribution in [0.3, 0.4) is 0 Å². The molecule has 1 heterocycles. The zero-order valence-electron chi connectivity index (χ0n) is 16.0. The smallest absolute Gasteiger partial charge is 0.132 e. The summed E-state index contributed by atoms with van der Waals surface area (Å²) >= 11 is 3.44. The highest BCUT2D eigenvalue weighted by molar-refractivity contribution is 9.10. The average molecular weight is 385 g/mol. The first-order valence-electron chi connectivity index (χ1n) is 8.43. The molecule has 4 heteroatoms. The zero-order chi connectivity index (χ0) is 18.3. The lowest BCUT2D eigenvalue weighted by Gasteiger charge is -2.07. The van der Waals surface area contributed by atoms with Crippen LogP contribution in [0.4, 0.5) is 0 Å². The van der Waals surface area contributed by atoms with Crippen LogP contribution in [-0.4, -0.2) is 25.2 Å². The number of methoxy groups -OCH3 is 1. The number of nitrogens with zero attached hydrogens (tertiary/aromatic N) is 1. The van der Waals surface area contributed by atoms with Gasteiger partial charge < -0.3 is 10.1 Å². The molecule has 0 radical (unpaired) electrons. The molecule has 0 saturated heterocycles. The van der Waals surface area contributed by atoms with E-state index in [1.807, 2.05) is 59.0 Å². The minimum absolute atomic E-state index is 0.899. The third-order valence-corrected chi connectivity index (χ3v) is 3.16. The topological polar surface area (TPSA) is 34.1 Å². The van der Waals surface area contributed by atoms with E-state index in [1.165, 1.54) is 0 Å². The van der Waals surface area contributed by atoms with E-state index in [2.05, 4.69) is 40.1 Å². The molecule has 0 amide bonds. The van der Waals surface area contributed by atoms with Gasteiger partial charge >= 0.3 is 0 Å². The summed E-state index contributed by atoms with van der Waals surface area (Å²) in [6, 6.07) is 5.97. The van der Waals surface area contributed by atoms with E-state index in [0.29, 0.717) is 0 Å². The first kappa shape index (κ1) is 24.1. The van der Waals surface area contributed by atoms with Crippen LogP contribution in [0.1, 0.15) is 47.1 Å². The highest BCUT2D eigenvalue weighted by Gasteiger charge is 2.05. The number of aromatic nitrogens is 1. The van der Waals surface area contributed by atoms with Crippen molar-refractivity contribution in [1.29, 1.82) is 0 Å². The SMILES string of the molecule is CC.CC.CCNCC.COc1c(C)cnc2ccc(Br)cc12. The molecule has 0 aliphatic rings. The summed E-state index contributed by atoms with van der Waals surface area (Å²) < 4.78 is 6.39. The lowest BCUT2D eigenvalue weighted by atomic mass is 10.1. The molecule has 0 bridgehead atoms. The summed E-state index contributed by atoms with van der Waals surface area (Å²) in [5, 5.41) is 4.15. The standard InChI is InChI=1S/C11H10BrNO.C4H11N.2C2H6/c1-7-6-13-10-4-3-8(12)5-9(10)11(7)14-2;1-3-5-4-2;2*1-2/h3-6H,1-2H3;5H,3-4H2,1-2H3;2*1-2H3. The maximum absolute atomic E-state index is 5.35. The average Bonchev–Trinajstić information content (AvgIpc) is 2.59. The van der Waals surface area contributed by atoms with Crippen molar-refractivity contribution < 1.29 is 4.74 Å². The van der Waals surface area contributed by atoms with Crippen molar-refractivity contribution in [3.05, 3.63) is 34.4 Å². The van der Waals surface area contributed by atoms with Crippen molar-refractivity contribution in [3.8, 4) is 5.75 Å².